The lowest BCUT2D eigenvalue weighted by molar-refractivity contribution is 0.319. The van der Waals surface area contributed by atoms with Crippen molar-refractivity contribution < 1.29 is 18.7 Å². The SMILES string of the molecule is COc1ccc(C(=NO)c2c(F)cccc2F)c(Cl)c1Cl. The van der Waals surface area contributed by atoms with Gasteiger partial charge in [0.25, 0.3) is 0 Å². The number of benzene rings is 2. The Morgan fingerprint density at radius 2 is 1.71 bits per heavy atom. The van der Waals surface area contributed by atoms with Crippen LogP contribution in [0.15, 0.2) is 35.5 Å². The van der Waals surface area contributed by atoms with Crippen LogP contribution in [0.25, 0.3) is 0 Å². The molecule has 0 spiro atoms. The molecule has 0 unspecified atom stereocenters. The van der Waals surface area contributed by atoms with Crippen LogP contribution in [0.2, 0.25) is 10.0 Å². The van der Waals surface area contributed by atoms with E-state index in [1.54, 1.807) is 0 Å². The highest BCUT2D eigenvalue weighted by Gasteiger charge is 2.22. The van der Waals surface area contributed by atoms with Gasteiger partial charge in [0.15, 0.2) is 0 Å². The number of oxime groups is 1. The van der Waals surface area contributed by atoms with E-state index >= 15 is 0 Å². The van der Waals surface area contributed by atoms with Gasteiger partial charge in [-0.1, -0.05) is 34.4 Å². The minimum Gasteiger partial charge on any atom is -0.495 e. The maximum Gasteiger partial charge on any atom is 0.139 e. The van der Waals surface area contributed by atoms with Crippen molar-refractivity contribution in [1.82, 2.24) is 0 Å². The molecule has 0 saturated carbocycles. The van der Waals surface area contributed by atoms with E-state index in [1.807, 2.05) is 0 Å². The van der Waals surface area contributed by atoms with Crippen molar-refractivity contribution in [2.45, 2.75) is 0 Å². The molecule has 0 aromatic heterocycles. The fourth-order valence-corrected chi connectivity index (χ4v) is 2.32. The number of hydrogen-bond donors (Lipinski definition) is 1. The first-order valence-electron chi connectivity index (χ1n) is 5.70. The van der Waals surface area contributed by atoms with E-state index in [0.29, 0.717) is 0 Å². The number of methoxy groups -OCH3 is 1. The molecular formula is C14H9Cl2F2NO2. The molecule has 2 aromatic carbocycles. The van der Waals surface area contributed by atoms with E-state index in [-0.39, 0.29) is 27.1 Å². The summed E-state index contributed by atoms with van der Waals surface area (Å²) in [7, 11) is 1.40. The van der Waals surface area contributed by atoms with Gasteiger partial charge in [-0.3, -0.25) is 0 Å². The zero-order valence-electron chi connectivity index (χ0n) is 10.7. The molecule has 0 aliphatic heterocycles. The smallest absolute Gasteiger partial charge is 0.139 e. The lowest BCUT2D eigenvalue weighted by atomic mass is 10.0. The van der Waals surface area contributed by atoms with Crippen LogP contribution in [0.1, 0.15) is 11.1 Å². The largest absolute Gasteiger partial charge is 0.495 e. The van der Waals surface area contributed by atoms with E-state index in [0.717, 1.165) is 12.1 Å². The summed E-state index contributed by atoms with van der Waals surface area (Å²) in [6, 6.07) is 6.14. The van der Waals surface area contributed by atoms with Gasteiger partial charge in [0.05, 0.1) is 17.7 Å². The second-order valence-electron chi connectivity index (χ2n) is 3.99. The summed E-state index contributed by atoms with van der Waals surface area (Å²) in [6.07, 6.45) is 0. The first kappa shape index (κ1) is 15.5. The van der Waals surface area contributed by atoms with Crippen molar-refractivity contribution in [2.24, 2.45) is 5.16 Å². The van der Waals surface area contributed by atoms with Gasteiger partial charge in [-0.2, -0.15) is 0 Å². The monoisotopic (exact) mass is 331 g/mol. The van der Waals surface area contributed by atoms with Crippen LogP contribution >= 0.6 is 23.2 Å². The van der Waals surface area contributed by atoms with Crippen LogP contribution in [0.3, 0.4) is 0 Å². The molecule has 21 heavy (non-hydrogen) atoms. The summed E-state index contributed by atoms with van der Waals surface area (Å²) in [5.41, 5.74) is -0.780. The Bertz CT molecular complexity index is 700. The zero-order chi connectivity index (χ0) is 15.6. The Hall–Kier alpha value is -1.85. The van der Waals surface area contributed by atoms with Crippen LogP contribution in [-0.4, -0.2) is 18.0 Å². The van der Waals surface area contributed by atoms with E-state index in [4.69, 9.17) is 33.1 Å². The van der Waals surface area contributed by atoms with Gasteiger partial charge < -0.3 is 9.94 Å². The average Bonchev–Trinajstić information content (AvgIpc) is 2.47. The minimum absolute atomic E-state index is 0.0357. The molecule has 0 aliphatic rings. The highest BCUT2D eigenvalue weighted by molar-refractivity contribution is 6.45. The van der Waals surface area contributed by atoms with E-state index in [9.17, 15) is 8.78 Å². The zero-order valence-corrected chi connectivity index (χ0v) is 12.2. The lowest BCUT2D eigenvalue weighted by Crippen LogP contribution is -2.10. The molecule has 7 heteroatoms. The molecule has 0 atom stereocenters. The first-order chi connectivity index (χ1) is 10.0. The molecule has 0 fully saturated rings. The second kappa shape index (κ2) is 6.28. The van der Waals surface area contributed by atoms with Gasteiger partial charge in [-0.25, -0.2) is 8.78 Å². The lowest BCUT2D eigenvalue weighted by Gasteiger charge is -2.12. The van der Waals surface area contributed by atoms with Crippen LogP contribution in [0.5, 0.6) is 5.75 Å². The van der Waals surface area contributed by atoms with Crippen LogP contribution in [0, 0.1) is 11.6 Å². The summed E-state index contributed by atoms with van der Waals surface area (Å²) in [4.78, 5) is 0. The number of rotatable bonds is 3. The molecule has 0 aliphatic carbocycles. The Morgan fingerprint density at radius 1 is 1.10 bits per heavy atom. The maximum absolute atomic E-state index is 13.8. The molecule has 2 rings (SSSR count). The van der Waals surface area contributed by atoms with Crippen molar-refractivity contribution >= 4 is 28.9 Å². The quantitative estimate of drug-likeness (QED) is 0.511. The van der Waals surface area contributed by atoms with E-state index < -0.39 is 17.2 Å². The topological polar surface area (TPSA) is 41.8 Å². The summed E-state index contributed by atoms with van der Waals surface area (Å²) in [5.74, 6) is -1.48. The van der Waals surface area contributed by atoms with E-state index in [2.05, 4.69) is 5.16 Å². The Kier molecular flexibility index (Phi) is 4.65. The third kappa shape index (κ3) is 2.80. The second-order valence-corrected chi connectivity index (χ2v) is 4.74. The molecule has 0 bridgehead atoms. The van der Waals surface area contributed by atoms with Gasteiger partial charge >= 0.3 is 0 Å². The van der Waals surface area contributed by atoms with Crippen molar-refractivity contribution in [2.75, 3.05) is 7.11 Å². The molecule has 0 heterocycles. The highest BCUT2D eigenvalue weighted by atomic mass is 35.5. The molecule has 1 N–H and O–H groups in total. The summed E-state index contributed by atoms with van der Waals surface area (Å²) < 4.78 is 32.6. The number of nitrogens with zero attached hydrogens (tertiary/aromatic N) is 1. The van der Waals surface area contributed by atoms with E-state index in [1.165, 1.54) is 25.3 Å². The average molecular weight is 332 g/mol. The Morgan fingerprint density at radius 3 is 2.24 bits per heavy atom. The Balaban J connectivity index is 2.67. The van der Waals surface area contributed by atoms with Crippen LogP contribution in [-0.2, 0) is 0 Å². The molecule has 0 radical (unpaired) electrons. The first-order valence-corrected chi connectivity index (χ1v) is 6.45. The Labute approximate surface area is 129 Å². The molecular weight excluding hydrogens is 323 g/mol. The fourth-order valence-electron chi connectivity index (χ4n) is 1.83. The summed E-state index contributed by atoms with van der Waals surface area (Å²) >= 11 is 12.0. The minimum atomic E-state index is -0.884. The molecule has 0 saturated heterocycles. The van der Waals surface area contributed by atoms with Crippen molar-refractivity contribution in [1.29, 1.82) is 0 Å². The number of halogens is 4. The predicted molar refractivity (Wildman–Crippen MR) is 76.8 cm³/mol. The third-order valence-corrected chi connectivity index (χ3v) is 3.69. The fraction of sp³-hybridized carbons (Fsp3) is 0.0714. The van der Waals surface area contributed by atoms with Gasteiger partial charge in [0.1, 0.15) is 28.1 Å². The molecule has 0 amide bonds. The normalized spacial score (nSPS) is 11.6. The molecule has 3 nitrogen and oxygen atoms in total. The van der Waals surface area contributed by atoms with Gasteiger partial charge in [0, 0.05) is 5.56 Å². The molecule has 110 valence electrons. The maximum atomic E-state index is 13.8. The van der Waals surface area contributed by atoms with Crippen LogP contribution in [0.4, 0.5) is 8.78 Å². The van der Waals surface area contributed by atoms with Gasteiger partial charge in [-0.15, -0.1) is 0 Å². The number of ether oxygens (including phenoxy) is 1. The summed E-state index contributed by atoms with van der Waals surface area (Å²) in [5, 5.41) is 12.1. The summed E-state index contributed by atoms with van der Waals surface area (Å²) in [6.45, 7) is 0. The predicted octanol–water partition coefficient (Wildman–Crippen LogP) is 4.51. The standard InChI is InChI=1S/C14H9Cl2F2NO2/c1-21-10-6-5-7(12(15)13(10)16)14(19-20)11-8(17)3-2-4-9(11)18/h2-6,20H,1H3. The van der Waals surface area contributed by atoms with Crippen LogP contribution < -0.4 is 4.74 Å². The molecule has 2 aromatic rings. The van der Waals surface area contributed by atoms with Crippen molar-refractivity contribution in [3.05, 3.63) is 63.1 Å². The third-order valence-electron chi connectivity index (χ3n) is 2.82. The van der Waals surface area contributed by atoms with Crippen molar-refractivity contribution in [3.8, 4) is 5.75 Å². The highest BCUT2D eigenvalue weighted by Crippen LogP contribution is 2.36. The number of hydrogen-bond acceptors (Lipinski definition) is 3. The van der Waals surface area contributed by atoms with Crippen molar-refractivity contribution in [3.63, 3.8) is 0 Å². The van der Waals surface area contributed by atoms with Gasteiger partial charge in [-0.05, 0) is 24.3 Å². The van der Waals surface area contributed by atoms with Gasteiger partial charge in [0.2, 0.25) is 0 Å².